The van der Waals surface area contributed by atoms with Crippen LogP contribution in [-0.2, 0) is 0 Å². The van der Waals surface area contributed by atoms with E-state index in [4.69, 9.17) is 4.74 Å². The topological polar surface area (TPSA) is 102 Å². The Labute approximate surface area is 144 Å². The Balaban J connectivity index is 2.31. The summed E-state index contributed by atoms with van der Waals surface area (Å²) in [7, 11) is 4.62. The molecule has 0 saturated heterocycles. The molecule has 2 amide bonds. The normalized spacial score (nSPS) is 10.0. The summed E-state index contributed by atoms with van der Waals surface area (Å²) < 4.78 is 5.09. The number of nitro groups is 1. The van der Waals surface area contributed by atoms with Crippen molar-refractivity contribution in [3.63, 3.8) is 0 Å². The summed E-state index contributed by atoms with van der Waals surface area (Å²) >= 11 is 0. The van der Waals surface area contributed by atoms with Gasteiger partial charge in [-0.25, -0.2) is 0 Å². The van der Waals surface area contributed by atoms with Crippen LogP contribution in [0, 0.1) is 10.1 Å². The summed E-state index contributed by atoms with van der Waals surface area (Å²) in [6, 6.07) is 10.2. The molecule has 2 aromatic carbocycles. The molecule has 0 aliphatic rings. The number of methoxy groups -OCH3 is 1. The van der Waals surface area contributed by atoms with Gasteiger partial charge in [0.1, 0.15) is 5.75 Å². The van der Waals surface area contributed by atoms with Crippen molar-refractivity contribution in [2.45, 2.75) is 0 Å². The molecule has 8 nitrogen and oxygen atoms in total. The molecule has 0 radical (unpaired) electrons. The van der Waals surface area contributed by atoms with E-state index in [2.05, 4.69) is 5.32 Å². The van der Waals surface area contributed by atoms with Gasteiger partial charge in [-0.1, -0.05) is 6.07 Å². The number of nitrogens with one attached hydrogen (secondary N) is 1. The molecule has 0 fully saturated rings. The van der Waals surface area contributed by atoms with Gasteiger partial charge >= 0.3 is 0 Å². The number of ether oxygens (including phenoxy) is 1. The first-order chi connectivity index (χ1) is 11.8. The van der Waals surface area contributed by atoms with Crippen LogP contribution in [-0.4, -0.2) is 42.8 Å². The van der Waals surface area contributed by atoms with Gasteiger partial charge in [0, 0.05) is 37.5 Å². The first kappa shape index (κ1) is 17.9. The van der Waals surface area contributed by atoms with Gasteiger partial charge in [-0.3, -0.25) is 19.7 Å². The van der Waals surface area contributed by atoms with E-state index >= 15 is 0 Å². The maximum absolute atomic E-state index is 12.5. The third-order valence-corrected chi connectivity index (χ3v) is 3.41. The molecule has 0 atom stereocenters. The van der Waals surface area contributed by atoms with Crippen LogP contribution in [0.5, 0.6) is 5.75 Å². The van der Waals surface area contributed by atoms with Gasteiger partial charge in [-0.05, 0) is 24.3 Å². The van der Waals surface area contributed by atoms with Crippen LogP contribution in [0.25, 0.3) is 0 Å². The molecule has 0 heterocycles. The van der Waals surface area contributed by atoms with Gasteiger partial charge in [0.2, 0.25) is 0 Å². The van der Waals surface area contributed by atoms with Crippen molar-refractivity contribution < 1.29 is 19.2 Å². The molecule has 0 bridgehead atoms. The number of carbonyl (C=O) groups excluding carboxylic acids is 2. The average Bonchev–Trinajstić information content (AvgIpc) is 2.60. The first-order valence-electron chi connectivity index (χ1n) is 7.29. The van der Waals surface area contributed by atoms with Gasteiger partial charge in [-0.2, -0.15) is 0 Å². The summed E-state index contributed by atoms with van der Waals surface area (Å²) in [5.74, 6) is -0.567. The maximum atomic E-state index is 12.5. The summed E-state index contributed by atoms with van der Waals surface area (Å²) in [4.78, 5) is 36.2. The lowest BCUT2D eigenvalue weighted by molar-refractivity contribution is -0.384. The number of nitrogens with zero attached hydrogens (tertiary/aromatic N) is 2. The fraction of sp³-hybridized carbons (Fsp3) is 0.176. The second-order valence-corrected chi connectivity index (χ2v) is 5.38. The molecule has 0 aromatic heterocycles. The maximum Gasteiger partial charge on any atom is 0.270 e. The Morgan fingerprint density at radius 1 is 1.16 bits per heavy atom. The Kier molecular flexibility index (Phi) is 5.33. The van der Waals surface area contributed by atoms with E-state index in [9.17, 15) is 19.7 Å². The van der Waals surface area contributed by atoms with E-state index in [0.29, 0.717) is 11.3 Å². The number of nitro benzene ring substituents is 1. The third-order valence-electron chi connectivity index (χ3n) is 3.41. The third kappa shape index (κ3) is 4.11. The van der Waals surface area contributed by atoms with E-state index in [1.165, 1.54) is 30.2 Å². The monoisotopic (exact) mass is 343 g/mol. The minimum Gasteiger partial charge on any atom is -0.496 e. The predicted octanol–water partition coefficient (Wildman–Crippen LogP) is 2.56. The van der Waals surface area contributed by atoms with Crippen LogP contribution < -0.4 is 10.1 Å². The SMILES string of the molecule is COc1ccc([N+](=O)[O-])cc1C(=O)Nc1cccc(C(=O)N(C)C)c1. The van der Waals surface area contributed by atoms with E-state index in [1.807, 2.05) is 0 Å². The number of amides is 2. The van der Waals surface area contributed by atoms with E-state index < -0.39 is 10.8 Å². The first-order valence-corrected chi connectivity index (χ1v) is 7.29. The molecular formula is C17H17N3O5. The molecule has 2 rings (SSSR count). The highest BCUT2D eigenvalue weighted by Gasteiger charge is 2.18. The molecule has 2 aromatic rings. The van der Waals surface area contributed by atoms with E-state index in [1.54, 1.807) is 32.3 Å². The van der Waals surface area contributed by atoms with Crippen molar-refractivity contribution in [2.24, 2.45) is 0 Å². The van der Waals surface area contributed by atoms with Crippen LogP contribution in [0.2, 0.25) is 0 Å². The molecule has 1 N–H and O–H groups in total. The predicted molar refractivity (Wildman–Crippen MR) is 92.1 cm³/mol. The summed E-state index contributed by atoms with van der Waals surface area (Å²) in [5, 5.41) is 13.5. The van der Waals surface area contributed by atoms with Gasteiger partial charge in [0.05, 0.1) is 17.6 Å². The van der Waals surface area contributed by atoms with Crippen molar-refractivity contribution >= 4 is 23.2 Å². The van der Waals surface area contributed by atoms with Crippen LogP contribution in [0.15, 0.2) is 42.5 Å². The van der Waals surface area contributed by atoms with Crippen LogP contribution >= 0.6 is 0 Å². The highest BCUT2D eigenvalue weighted by atomic mass is 16.6. The van der Waals surface area contributed by atoms with Gasteiger partial charge in [0.25, 0.3) is 17.5 Å². The second kappa shape index (κ2) is 7.43. The van der Waals surface area contributed by atoms with Crippen molar-refractivity contribution in [1.82, 2.24) is 4.90 Å². The molecule has 25 heavy (non-hydrogen) atoms. The van der Waals surface area contributed by atoms with Crippen molar-refractivity contribution in [3.8, 4) is 5.75 Å². The van der Waals surface area contributed by atoms with Gasteiger partial charge in [-0.15, -0.1) is 0 Å². The van der Waals surface area contributed by atoms with Gasteiger partial charge in [0.15, 0.2) is 0 Å². The lowest BCUT2D eigenvalue weighted by Crippen LogP contribution is -2.22. The highest BCUT2D eigenvalue weighted by Crippen LogP contribution is 2.25. The molecular weight excluding hydrogens is 326 g/mol. The van der Waals surface area contributed by atoms with Crippen LogP contribution in [0.3, 0.4) is 0 Å². The quantitative estimate of drug-likeness (QED) is 0.664. The number of hydrogen-bond acceptors (Lipinski definition) is 5. The number of benzene rings is 2. The minimum absolute atomic E-state index is 0.0287. The zero-order valence-corrected chi connectivity index (χ0v) is 14.0. The Bertz CT molecular complexity index is 833. The Morgan fingerprint density at radius 2 is 1.88 bits per heavy atom. The molecule has 0 unspecified atom stereocenters. The van der Waals surface area contributed by atoms with Crippen LogP contribution in [0.1, 0.15) is 20.7 Å². The van der Waals surface area contributed by atoms with Gasteiger partial charge < -0.3 is 15.0 Å². The summed E-state index contributed by atoms with van der Waals surface area (Å²) in [6.45, 7) is 0. The Morgan fingerprint density at radius 3 is 2.48 bits per heavy atom. The second-order valence-electron chi connectivity index (χ2n) is 5.38. The number of rotatable bonds is 5. The number of carbonyl (C=O) groups is 2. The number of non-ortho nitro benzene ring substituents is 1. The summed E-state index contributed by atoms with van der Waals surface area (Å²) in [6.07, 6.45) is 0. The van der Waals surface area contributed by atoms with Crippen molar-refractivity contribution in [3.05, 3.63) is 63.7 Å². The summed E-state index contributed by atoms with van der Waals surface area (Å²) in [5.41, 5.74) is 0.614. The lowest BCUT2D eigenvalue weighted by Gasteiger charge is -2.12. The van der Waals surface area contributed by atoms with Crippen molar-refractivity contribution in [1.29, 1.82) is 0 Å². The highest BCUT2D eigenvalue weighted by molar-refractivity contribution is 6.07. The van der Waals surface area contributed by atoms with Crippen molar-refractivity contribution in [2.75, 3.05) is 26.5 Å². The zero-order valence-electron chi connectivity index (χ0n) is 14.0. The minimum atomic E-state index is -0.591. The average molecular weight is 343 g/mol. The number of anilines is 1. The zero-order chi connectivity index (χ0) is 18.6. The van der Waals surface area contributed by atoms with Crippen LogP contribution in [0.4, 0.5) is 11.4 Å². The fourth-order valence-electron chi connectivity index (χ4n) is 2.17. The number of hydrogen-bond donors (Lipinski definition) is 1. The fourth-order valence-corrected chi connectivity index (χ4v) is 2.17. The Hall–Kier alpha value is -3.42. The molecule has 8 heteroatoms. The molecule has 0 aliphatic carbocycles. The largest absolute Gasteiger partial charge is 0.496 e. The van der Waals surface area contributed by atoms with E-state index in [0.717, 1.165) is 6.07 Å². The molecule has 0 spiro atoms. The molecule has 130 valence electrons. The smallest absolute Gasteiger partial charge is 0.270 e. The lowest BCUT2D eigenvalue weighted by atomic mass is 10.1. The van der Waals surface area contributed by atoms with E-state index in [-0.39, 0.29) is 22.9 Å². The molecule has 0 aliphatic heterocycles. The molecule has 0 saturated carbocycles. The standard InChI is InChI=1S/C17H17N3O5/c1-19(2)17(22)11-5-4-6-12(9-11)18-16(21)14-10-13(20(23)24)7-8-15(14)25-3/h4-10H,1-3H3,(H,18,21).